The summed E-state index contributed by atoms with van der Waals surface area (Å²) in [6, 6.07) is 5.95. The summed E-state index contributed by atoms with van der Waals surface area (Å²) in [6.07, 6.45) is 9.67. The lowest BCUT2D eigenvalue weighted by Crippen LogP contribution is -2.86. The van der Waals surface area contributed by atoms with Crippen LogP contribution in [-0.4, -0.2) is 50.5 Å². The predicted octanol–water partition coefficient (Wildman–Crippen LogP) is 4.12. The fraction of sp³-hybridized carbons (Fsp3) is 0.786. The predicted molar refractivity (Wildman–Crippen MR) is 124 cm³/mol. The van der Waals surface area contributed by atoms with Gasteiger partial charge in [0.15, 0.2) is 0 Å². The zero-order valence-electron chi connectivity index (χ0n) is 20.2. The summed E-state index contributed by atoms with van der Waals surface area (Å²) < 4.78 is 7.14. The van der Waals surface area contributed by atoms with Crippen LogP contribution >= 0.6 is 0 Å². The van der Waals surface area contributed by atoms with Crippen molar-refractivity contribution in [2.24, 2.45) is 11.3 Å². The summed E-state index contributed by atoms with van der Waals surface area (Å²) in [5.74, 6) is 0.931. The van der Waals surface area contributed by atoms with Gasteiger partial charge in [-0.05, 0) is 89.8 Å². The van der Waals surface area contributed by atoms with Crippen LogP contribution in [0.1, 0.15) is 89.3 Å². The van der Waals surface area contributed by atoms with Crippen LogP contribution in [-0.2, 0) is 18.3 Å². The number of fused-ring (bicyclic) bond motifs is 2. The molecule has 2 N–H and O–H groups in total. The Labute approximate surface area is 192 Å². The maximum absolute atomic E-state index is 12.6. The van der Waals surface area contributed by atoms with Crippen LogP contribution in [0.5, 0.6) is 5.75 Å². The minimum Gasteiger partial charge on any atom is -0.483 e. The minimum atomic E-state index is -1.02. The van der Waals surface area contributed by atoms with Gasteiger partial charge in [0.1, 0.15) is 17.0 Å². The monoisotopic (exact) mass is 437 g/mol. The average Bonchev–Trinajstić information content (AvgIpc) is 3.51. The third kappa shape index (κ3) is 1.93. The lowest BCUT2D eigenvalue weighted by atomic mass is 9.30. The molecular formula is C28H39NO3. The first-order chi connectivity index (χ1) is 15.1. The van der Waals surface area contributed by atoms with Crippen molar-refractivity contribution in [1.82, 2.24) is 4.90 Å². The maximum atomic E-state index is 12.6. The van der Waals surface area contributed by atoms with Gasteiger partial charge < -0.3 is 14.9 Å². The van der Waals surface area contributed by atoms with Crippen LogP contribution in [0.3, 0.4) is 0 Å². The van der Waals surface area contributed by atoms with E-state index in [0.717, 1.165) is 63.3 Å². The molecule has 5 aliphatic carbocycles. The van der Waals surface area contributed by atoms with Crippen LogP contribution in [0.15, 0.2) is 12.1 Å². The van der Waals surface area contributed by atoms with Gasteiger partial charge in [-0.3, -0.25) is 4.90 Å². The van der Waals surface area contributed by atoms with Gasteiger partial charge in [-0.1, -0.05) is 25.5 Å². The molecule has 2 spiro atoms. The molecule has 0 amide bonds. The molecule has 4 nitrogen and oxygen atoms in total. The van der Waals surface area contributed by atoms with E-state index in [4.69, 9.17) is 4.74 Å². The van der Waals surface area contributed by atoms with Gasteiger partial charge in [0.25, 0.3) is 0 Å². The van der Waals surface area contributed by atoms with Crippen molar-refractivity contribution in [2.45, 2.75) is 120 Å². The zero-order chi connectivity index (χ0) is 22.3. The van der Waals surface area contributed by atoms with Crippen LogP contribution in [0.2, 0.25) is 0 Å². The molecule has 1 aromatic carbocycles. The summed E-state index contributed by atoms with van der Waals surface area (Å²) in [5, 5.41) is 23.9. The number of ether oxygens (including phenoxy) is 1. The molecule has 8 rings (SSSR count). The van der Waals surface area contributed by atoms with Crippen molar-refractivity contribution in [3.05, 3.63) is 28.8 Å². The molecule has 6 atom stereocenters. The lowest BCUT2D eigenvalue weighted by molar-refractivity contribution is -0.329. The molecule has 4 bridgehead atoms. The van der Waals surface area contributed by atoms with Crippen LogP contribution in [0.25, 0.3) is 0 Å². The highest BCUT2D eigenvalue weighted by molar-refractivity contribution is 5.63. The molecule has 4 saturated carbocycles. The first-order valence-electron chi connectivity index (χ1n) is 13.2. The average molecular weight is 438 g/mol. The summed E-state index contributed by atoms with van der Waals surface area (Å²) in [4.78, 5) is 2.85. The SMILES string of the molecule is CCCc1ccc2c3c1O[C@@]1(C)[C@]34CCN(C3CC3)[C@H](C2)[C@]42CC[C@@]1(O)[C@@H](C(C)(C)O)C2. The number of piperidine rings is 1. The third-order valence-corrected chi connectivity index (χ3v) is 11.2. The highest BCUT2D eigenvalue weighted by Crippen LogP contribution is 2.80. The van der Waals surface area contributed by atoms with Crippen molar-refractivity contribution in [3.63, 3.8) is 0 Å². The highest BCUT2D eigenvalue weighted by Gasteiger charge is 2.85. The van der Waals surface area contributed by atoms with Gasteiger partial charge in [0.2, 0.25) is 0 Å². The van der Waals surface area contributed by atoms with E-state index in [-0.39, 0.29) is 16.7 Å². The summed E-state index contributed by atoms with van der Waals surface area (Å²) in [5.41, 5.74) is 1.55. The maximum Gasteiger partial charge on any atom is 0.145 e. The topological polar surface area (TPSA) is 52.9 Å². The lowest BCUT2D eigenvalue weighted by Gasteiger charge is -2.77. The van der Waals surface area contributed by atoms with Gasteiger partial charge in [-0.15, -0.1) is 0 Å². The number of rotatable bonds is 4. The number of nitrogens with zero attached hydrogens (tertiary/aromatic N) is 1. The van der Waals surface area contributed by atoms with E-state index in [2.05, 4.69) is 30.9 Å². The van der Waals surface area contributed by atoms with Crippen LogP contribution in [0.4, 0.5) is 0 Å². The Kier molecular flexibility index (Phi) is 3.65. The van der Waals surface area contributed by atoms with Gasteiger partial charge in [-0.2, -0.15) is 0 Å². The van der Waals surface area contributed by atoms with Crippen molar-refractivity contribution < 1.29 is 14.9 Å². The minimum absolute atomic E-state index is 0.0703. The van der Waals surface area contributed by atoms with E-state index < -0.39 is 16.8 Å². The molecule has 2 aliphatic heterocycles. The van der Waals surface area contributed by atoms with Gasteiger partial charge in [-0.25, -0.2) is 0 Å². The molecule has 0 radical (unpaired) electrons. The largest absolute Gasteiger partial charge is 0.483 e. The Morgan fingerprint density at radius 2 is 1.97 bits per heavy atom. The summed E-state index contributed by atoms with van der Waals surface area (Å²) in [6.45, 7) is 9.41. The van der Waals surface area contributed by atoms with Crippen molar-refractivity contribution in [1.29, 1.82) is 0 Å². The fourth-order valence-electron chi connectivity index (χ4n) is 9.95. The molecule has 1 aromatic rings. The second-order valence-electron chi connectivity index (χ2n) is 12.8. The van der Waals surface area contributed by atoms with Crippen LogP contribution < -0.4 is 4.74 Å². The number of aliphatic hydroxyl groups is 2. The third-order valence-electron chi connectivity index (χ3n) is 11.2. The number of benzene rings is 1. The molecule has 4 heteroatoms. The second-order valence-corrected chi connectivity index (χ2v) is 12.8. The summed E-state index contributed by atoms with van der Waals surface area (Å²) in [7, 11) is 0. The zero-order valence-corrected chi connectivity index (χ0v) is 20.2. The van der Waals surface area contributed by atoms with Crippen molar-refractivity contribution in [3.8, 4) is 5.75 Å². The molecule has 32 heavy (non-hydrogen) atoms. The molecule has 2 heterocycles. The van der Waals surface area contributed by atoms with Crippen LogP contribution in [0, 0.1) is 11.3 Å². The second kappa shape index (κ2) is 5.75. The Morgan fingerprint density at radius 1 is 1.19 bits per heavy atom. The number of hydrogen-bond donors (Lipinski definition) is 2. The standard InChI is InChI=1S/C28H39NO3/c1-5-6-17-7-8-18-15-21-26-11-12-28(31,20(16-26)24(2,3)30)25(4)27(26,22(18)23(17)32-25)13-14-29(21)19-9-10-19/h7-8,19-21,30-31H,5-6,9-16H2,1-4H3/t20-,21-,25+,26-,27+,28-/m1/s1. The molecule has 0 unspecified atom stereocenters. The Bertz CT molecular complexity index is 1010. The quantitative estimate of drug-likeness (QED) is 0.744. The molecule has 0 aromatic heterocycles. The first kappa shape index (κ1) is 20.3. The van der Waals surface area contributed by atoms with Gasteiger partial charge in [0.05, 0.1) is 5.60 Å². The fourth-order valence-corrected chi connectivity index (χ4v) is 9.95. The Morgan fingerprint density at radius 3 is 2.66 bits per heavy atom. The molecule has 7 aliphatic rings. The molecule has 1 saturated heterocycles. The highest BCUT2D eigenvalue weighted by atomic mass is 16.5. The van der Waals surface area contributed by atoms with E-state index in [1.165, 1.54) is 29.5 Å². The Hall–Kier alpha value is -1.10. The van der Waals surface area contributed by atoms with Crippen molar-refractivity contribution in [2.75, 3.05) is 6.54 Å². The Balaban J connectivity index is 1.54. The van der Waals surface area contributed by atoms with E-state index >= 15 is 0 Å². The first-order valence-corrected chi connectivity index (χ1v) is 13.2. The molecular weight excluding hydrogens is 398 g/mol. The number of hydrogen-bond acceptors (Lipinski definition) is 4. The van der Waals surface area contributed by atoms with E-state index in [9.17, 15) is 10.2 Å². The number of likely N-dealkylation sites (tertiary alicyclic amines) is 1. The van der Waals surface area contributed by atoms with E-state index in [1.807, 2.05) is 13.8 Å². The molecule has 174 valence electrons. The smallest absolute Gasteiger partial charge is 0.145 e. The van der Waals surface area contributed by atoms with Crippen molar-refractivity contribution >= 4 is 0 Å². The normalized spacial score (nSPS) is 46.2. The van der Waals surface area contributed by atoms with Gasteiger partial charge >= 0.3 is 0 Å². The van der Waals surface area contributed by atoms with E-state index in [1.54, 1.807) is 0 Å². The summed E-state index contributed by atoms with van der Waals surface area (Å²) >= 11 is 0. The van der Waals surface area contributed by atoms with E-state index in [0.29, 0.717) is 6.04 Å². The molecule has 5 fully saturated rings. The number of aryl methyl sites for hydroxylation is 1. The van der Waals surface area contributed by atoms with Gasteiger partial charge in [0, 0.05) is 34.4 Å².